The molecule has 1 amide bonds. The van der Waals surface area contributed by atoms with E-state index in [1.54, 1.807) is 6.07 Å². The van der Waals surface area contributed by atoms with Gasteiger partial charge in [-0.05, 0) is 36.8 Å². The zero-order chi connectivity index (χ0) is 14.8. The van der Waals surface area contributed by atoms with E-state index in [1.165, 1.54) is 5.56 Å². The second-order valence-corrected chi connectivity index (χ2v) is 5.52. The topological polar surface area (TPSA) is 44.9 Å². The van der Waals surface area contributed by atoms with Crippen molar-refractivity contribution in [3.05, 3.63) is 70.4 Å². The lowest BCUT2D eigenvalue weighted by atomic mass is 10.1. The molecule has 3 rings (SSSR count). The number of benzene rings is 2. The number of amides is 1. The molecule has 0 saturated carbocycles. The van der Waals surface area contributed by atoms with Gasteiger partial charge in [0.15, 0.2) is 0 Å². The average molecular weight is 299 g/mol. The molecule has 106 valence electrons. The number of fused-ring (bicyclic) bond motifs is 1. The lowest BCUT2D eigenvalue weighted by Gasteiger charge is -2.04. The predicted octanol–water partition coefficient (Wildman–Crippen LogP) is 4.06. The number of nitrogens with one attached hydrogen (secondary N) is 2. The number of carbonyl (C=O) groups excluding carboxylic acids is 1. The number of aryl methyl sites for hydroxylation is 1. The van der Waals surface area contributed by atoms with Crippen LogP contribution in [0.5, 0.6) is 0 Å². The van der Waals surface area contributed by atoms with Crippen molar-refractivity contribution in [2.45, 2.75) is 13.5 Å². The van der Waals surface area contributed by atoms with Crippen LogP contribution in [0.1, 0.15) is 21.6 Å². The highest BCUT2D eigenvalue weighted by Crippen LogP contribution is 2.20. The molecule has 3 aromatic rings. The van der Waals surface area contributed by atoms with Gasteiger partial charge in [0.25, 0.3) is 5.91 Å². The van der Waals surface area contributed by atoms with E-state index in [-0.39, 0.29) is 5.91 Å². The Kier molecular flexibility index (Phi) is 3.67. The van der Waals surface area contributed by atoms with Gasteiger partial charge < -0.3 is 10.3 Å². The van der Waals surface area contributed by atoms with Gasteiger partial charge in [0.05, 0.1) is 0 Å². The molecule has 0 radical (unpaired) electrons. The molecule has 0 aliphatic heterocycles. The standard InChI is InChI=1S/C17H15ClN2O/c1-11-2-4-12(5-3-11)10-19-17(21)16-9-13-8-14(18)6-7-15(13)20-16/h2-9,20H,10H2,1H3,(H,19,21). The number of halogens is 1. The van der Waals surface area contributed by atoms with Gasteiger partial charge in [-0.15, -0.1) is 0 Å². The minimum Gasteiger partial charge on any atom is -0.351 e. The largest absolute Gasteiger partial charge is 0.351 e. The van der Waals surface area contributed by atoms with Crippen molar-refractivity contribution in [2.75, 3.05) is 0 Å². The highest BCUT2D eigenvalue weighted by atomic mass is 35.5. The van der Waals surface area contributed by atoms with Crippen LogP contribution in [-0.2, 0) is 6.54 Å². The summed E-state index contributed by atoms with van der Waals surface area (Å²) in [5, 5.41) is 4.50. The number of aromatic nitrogens is 1. The summed E-state index contributed by atoms with van der Waals surface area (Å²) < 4.78 is 0. The van der Waals surface area contributed by atoms with Gasteiger partial charge in [-0.3, -0.25) is 4.79 Å². The molecule has 1 aromatic heterocycles. The minimum absolute atomic E-state index is 0.122. The number of carbonyl (C=O) groups is 1. The Morgan fingerprint density at radius 1 is 1.14 bits per heavy atom. The average Bonchev–Trinajstić information content (AvgIpc) is 2.89. The molecule has 0 saturated heterocycles. The monoisotopic (exact) mass is 298 g/mol. The van der Waals surface area contributed by atoms with Gasteiger partial charge in [-0.25, -0.2) is 0 Å². The van der Waals surface area contributed by atoms with Crippen molar-refractivity contribution < 1.29 is 4.79 Å². The molecule has 0 aliphatic carbocycles. The third-order valence-electron chi connectivity index (χ3n) is 3.40. The van der Waals surface area contributed by atoms with Gasteiger partial charge in [0.2, 0.25) is 0 Å². The summed E-state index contributed by atoms with van der Waals surface area (Å²) in [6.45, 7) is 2.55. The van der Waals surface area contributed by atoms with Crippen LogP contribution in [0.25, 0.3) is 10.9 Å². The quantitative estimate of drug-likeness (QED) is 0.752. The molecule has 2 aromatic carbocycles. The molecule has 0 atom stereocenters. The Balaban J connectivity index is 1.73. The van der Waals surface area contributed by atoms with Gasteiger partial charge in [0.1, 0.15) is 5.69 Å². The van der Waals surface area contributed by atoms with Crippen LogP contribution in [0.2, 0.25) is 5.02 Å². The molecule has 2 N–H and O–H groups in total. The summed E-state index contributed by atoms with van der Waals surface area (Å²) >= 11 is 5.95. The first-order valence-corrected chi connectivity index (χ1v) is 7.11. The Hall–Kier alpha value is -2.26. The van der Waals surface area contributed by atoms with E-state index < -0.39 is 0 Å². The lowest BCUT2D eigenvalue weighted by molar-refractivity contribution is 0.0947. The number of hydrogen-bond acceptors (Lipinski definition) is 1. The number of hydrogen-bond donors (Lipinski definition) is 2. The molecule has 4 heteroatoms. The molecule has 0 unspecified atom stereocenters. The smallest absolute Gasteiger partial charge is 0.267 e. The van der Waals surface area contributed by atoms with E-state index in [1.807, 2.05) is 49.4 Å². The van der Waals surface area contributed by atoms with E-state index in [4.69, 9.17) is 11.6 Å². The Morgan fingerprint density at radius 2 is 1.90 bits per heavy atom. The second kappa shape index (κ2) is 5.62. The fourth-order valence-electron chi connectivity index (χ4n) is 2.21. The fraction of sp³-hybridized carbons (Fsp3) is 0.118. The summed E-state index contributed by atoms with van der Waals surface area (Å²) in [4.78, 5) is 15.3. The van der Waals surface area contributed by atoms with E-state index in [9.17, 15) is 4.79 Å². The normalized spacial score (nSPS) is 10.8. The van der Waals surface area contributed by atoms with E-state index in [0.29, 0.717) is 17.3 Å². The molecule has 1 heterocycles. The van der Waals surface area contributed by atoms with Crippen LogP contribution in [0.3, 0.4) is 0 Å². The maximum atomic E-state index is 12.2. The minimum atomic E-state index is -0.122. The molecular formula is C17H15ClN2O. The molecule has 0 aliphatic rings. The zero-order valence-corrected chi connectivity index (χ0v) is 12.4. The van der Waals surface area contributed by atoms with Crippen LogP contribution in [0, 0.1) is 6.92 Å². The Labute approximate surface area is 127 Å². The fourth-order valence-corrected chi connectivity index (χ4v) is 2.39. The number of rotatable bonds is 3. The van der Waals surface area contributed by atoms with Gasteiger partial charge in [-0.2, -0.15) is 0 Å². The van der Waals surface area contributed by atoms with Crippen molar-refractivity contribution in [3.63, 3.8) is 0 Å². The van der Waals surface area contributed by atoms with Crippen LogP contribution < -0.4 is 5.32 Å². The third-order valence-corrected chi connectivity index (χ3v) is 3.64. The van der Waals surface area contributed by atoms with E-state index >= 15 is 0 Å². The van der Waals surface area contributed by atoms with E-state index in [2.05, 4.69) is 10.3 Å². The van der Waals surface area contributed by atoms with E-state index in [0.717, 1.165) is 16.5 Å². The molecule has 0 spiro atoms. The van der Waals surface area contributed by atoms with Gasteiger partial charge >= 0.3 is 0 Å². The Morgan fingerprint density at radius 3 is 2.67 bits per heavy atom. The maximum absolute atomic E-state index is 12.2. The molecule has 3 nitrogen and oxygen atoms in total. The summed E-state index contributed by atoms with van der Waals surface area (Å²) in [5.41, 5.74) is 3.73. The van der Waals surface area contributed by atoms with Crippen molar-refractivity contribution >= 4 is 28.4 Å². The first kappa shape index (κ1) is 13.7. The Bertz CT molecular complexity index is 790. The second-order valence-electron chi connectivity index (χ2n) is 5.08. The third kappa shape index (κ3) is 3.09. The number of aromatic amines is 1. The molecule has 21 heavy (non-hydrogen) atoms. The predicted molar refractivity (Wildman–Crippen MR) is 85.7 cm³/mol. The van der Waals surface area contributed by atoms with Crippen molar-refractivity contribution in [1.29, 1.82) is 0 Å². The summed E-state index contributed by atoms with van der Waals surface area (Å²) in [5.74, 6) is -0.122. The first-order valence-electron chi connectivity index (χ1n) is 6.74. The molecule has 0 fully saturated rings. The highest BCUT2D eigenvalue weighted by Gasteiger charge is 2.09. The molecule has 0 bridgehead atoms. The maximum Gasteiger partial charge on any atom is 0.267 e. The first-order chi connectivity index (χ1) is 10.1. The van der Waals surface area contributed by atoms with Crippen LogP contribution >= 0.6 is 11.6 Å². The summed E-state index contributed by atoms with van der Waals surface area (Å²) in [6, 6.07) is 15.4. The van der Waals surface area contributed by atoms with Gasteiger partial charge in [-0.1, -0.05) is 41.4 Å². The number of H-pyrrole nitrogens is 1. The van der Waals surface area contributed by atoms with Gasteiger partial charge in [0, 0.05) is 22.5 Å². The van der Waals surface area contributed by atoms with Crippen molar-refractivity contribution in [3.8, 4) is 0 Å². The van der Waals surface area contributed by atoms with Crippen LogP contribution in [0.15, 0.2) is 48.5 Å². The van der Waals surface area contributed by atoms with Crippen LogP contribution in [-0.4, -0.2) is 10.9 Å². The lowest BCUT2D eigenvalue weighted by Crippen LogP contribution is -2.23. The van der Waals surface area contributed by atoms with Crippen molar-refractivity contribution in [1.82, 2.24) is 10.3 Å². The highest BCUT2D eigenvalue weighted by molar-refractivity contribution is 6.31. The summed E-state index contributed by atoms with van der Waals surface area (Å²) in [6.07, 6.45) is 0. The summed E-state index contributed by atoms with van der Waals surface area (Å²) in [7, 11) is 0. The molecular weight excluding hydrogens is 284 g/mol. The zero-order valence-electron chi connectivity index (χ0n) is 11.6. The SMILES string of the molecule is Cc1ccc(CNC(=O)c2cc3cc(Cl)ccc3[nH]2)cc1. The van der Waals surface area contributed by atoms with Crippen LogP contribution in [0.4, 0.5) is 0 Å². The van der Waals surface area contributed by atoms with Crippen molar-refractivity contribution in [2.24, 2.45) is 0 Å².